The molecule has 0 unspecified atom stereocenters. The number of aromatic hydroxyl groups is 1. The number of azo groups is 2. The van der Waals surface area contributed by atoms with E-state index in [4.69, 9.17) is 5.11 Å². The lowest BCUT2D eigenvalue weighted by molar-refractivity contribution is 0.0693. The number of carbonyl (C=O) groups is 1. The average Bonchev–Trinajstić information content (AvgIpc) is 2.76. The molecule has 0 aliphatic heterocycles. The van der Waals surface area contributed by atoms with Crippen molar-refractivity contribution in [3.63, 3.8) is 0 Å². The summed E-state index contributed by atoms with van der Waals surface area (Å²) in [6.07, 6.45) is 0. The first kappa shape index (κ1) is 25.6. The SMILES string of the molecule is Cc1ccc(N=Nc2ccc(N=Nc3ccc(O)c(C(=O)O)c3)c(S(=O)(=O)O)c2)cc1S(=O)(=O)O. The van der Waals surface area contributed by atoms with Gasteiger partial charge < -0.3 is 10.2 Å². The second-order valence-corrected chi connectivity index (χ2v) is 9.74. The molecule has 0 fully saturated rings. The van der Waals surface area contributed by atoms with Gasteiger partial charge in [-0.05, 0) is 61.0 Å². The van der Waals surface area contributed by atoms with Crippen LogP contribution < -0.4 is 0 Å². The number of carboxylic acid groups (broad SMARTS) is 1. The molecule has 0 aliphatic carbocycles. The Balaban J connectivity index is 1.97. The van der Waals surface area contributed by atoms with Gasteiger partial charge in [0.1, 0.15) is 21.9 Å². The molecule has 13 nitrogen and oxygen atoms in total. The second kappa shape index (κ2) is 9.67. The van der Waals surface area contributed by atoms with Crippen LogP contribution in [-0.2, 0) is 20.2 Å². The number of aromatic carboxylic acids is 1. The van der Waals surface area contributed by atoms with Crippen LogP contribution in [0.1, 0.15) is 15.9 Å². The molecule has 35 heavy (non-hydrogen) atoms. The summed E-state index contributed by atoms with van der Waals surface area (Å²) in [5.74, 6) is -1.91. The molecule has 0 aliphatic rings. The zero-order chi connectivity index (χ0) is 26.0. The second-order valence-electron chi connectivity index (χ2n) is 6.96. The Morgan fingerprint density at radius 3 is 1.77 bits per heavy atom. The van der Waals surface area contributed by atoms with Crippen molar-refractivity contribution in [3.8, 4) is 5.75 Å². The van der Waals surface area contributed by atoms with Crippen molar-refractivity contribution >= 4 is 49.0 Å². The maximum Gasteiger partial charge on any atom is 0.339 e. The van der Waals surface area contributed by atoms with Crippen molar-refractivity contribution in [2.75, 3.05) is 0 Å². The highest BCUT2D eigenvalue weighted by atomic mass is 32.2. The van der Waals surface area contributed by atoms with Crippen molar-refractivity contribution in [2.45, 2.75) is 16.7 Å². The highest BCUT2D eigenvalue weighted by Gasteiger charge is 2.18. The lowest BCUT2D eigenvalue weighted by Gasteiger charge is -2.04. The summed E-state index contributed by atoms with van der Waals surface area (Å²) in [5, 5.41) is 33.7. The van der Waals surface area contributed by atoms with Crippen molar-refractivity contribution < 1.29 is 40.9 Å². The maximum absolute atomic E-state index is 11.8. The summed E-state index contributed by atoms with van der Waals surface area (Å²) in [6.45, 7) is 1.47. The molecule has 15 heteroatoms. The van der Waals surface area contributed by atoms with Gasteiger partial charge in [0, 0.05) is 0 Å². The fraction of sp³-hybridized carbons (Fsp3) is 0.0500. The Bertz CT molecular complexity index is 1600. The molecular weight excluding hydrogens is 504 g/mol. The topological polar surface area (TPSA) is 216 Å². The third-order valence-electron chi connectivity index (χ3n) is 4.44. The van der Waals surface area contributed by atoms with Crippen LogP contribution in [0, 0.1) is 6.92 Å². The van der Waals surface area contributed by atoms with E-state index in [2.05, 4.69) is 20.5 Å². The maximum atomic E-state index is 11.8. The molecule has 0 radical (unpaired) electrons. The van der Waals surface area contributed by atoms with Gasteiger partial charge in [0.05, 0.1) is 22.0 Å². The summed E-state index contributed by atoms with van der Waals surface area (Å²) in [4.78, 5) is 10.1. The molecule has 0 amide bonds. The Morgan fingerprint density at radius 1 is 0.714 bits per heavy atom. The van der Waals surface area contributed by atoms with E-state index >= 15 is 0 Å². The van der Waals surface area contributed by atoms with E-state index in [-0.39, 0.29) is 33.2 Å². The summed E-state index contributed by atoms with van der Waals surface area (Å²) in [5.41, 5.74) is -0.496. The number of carboxylic acids is 1. The molecule has 3 aromatic carbocycles. The number of benzene rings is 3. The first-order valence-electron chi connectivity index (χ1n) is 9.35. The van der Waals surface area contributed by atoms with Crippen molar-refractivity contribution in [1.82, 2.24) is 0 Å². The molecule has 0 aromatic heterocycles. The van der Waals surface area contributed by atoms with Gasteiger partial charge in [-0.2, -0.15) is 32.2 Å². The Labute approximate surface area is 198 Å². The third kappa shape index (κ3) is 6.30. The van der Waals surface area contributed by atoms with Crippen LogP contribution in [0.5, 0.6) is 5.75 Å². The van der Waals surface area contributed by atoms with E-state index in [1.165, 1.54) is 31.2 Å². The van der Waals surface area contributed by atoms with Crippen LogP contribution in [0.2, 0.25) is 0 Å². The summed E-state index contributed by atoms with van der Waals surface area (Å²) < 4.78 is 65.4. The Morgan fingerprint density at radius 2 is 1.20 bits per heavy atom. The zero-order valence-corrected chi connectivity index (χ0v) is 19.3. The molecule has 4 N–H and O–H groups in total. The van der Waals surface area contributed by atoms with Crippen LogP contribution in [-0.4, -0.2) is 42.1 Å². The molecule has 0 bridgehead atoms. The lowest BCUT2D eigenvalue weighted by atomic mass is 10.2. The predicted molar refractivity (Wildman–Crippen MR) is 121 cm³/mol. The van der Waals surface area contributed by atoms with Gasteiger partial charge in [-0.15, -0.1) is 5.11 Å². The highest BCUT2D eigenvalue weighted by Crippen LogP contribution is 2.32. The molecule has 0 saturated carbocycles. The minimum absolute atomic E-state index is 0.0146. The molecular formula is C20H16N4O9S2. The smallest absolute Gasteiger partial charge is 0.339 e. The lowest BCUT2D eigenvalue weighted by Crippen LogP contribution is -2.00. The molecule has 3 aromatic rings. The van der Waals surface area contributed by atoms with E-state index in [1.807, 2.05) is 0 Å². The van der Waals surface area contributed by atoms with Crippen molar-refractivity contribution in [2.24, 2.45) is 20.5 Å². The van der Waals surface area contributed by atoms with Crippen LogP contribution >= 0.6 is 0 Å². The van der Waals surface area contributed by atoms with Gasteiger partial charge in [-0.1, -0.05) is 6.07 Å². The molecule has 182 valence electrons. The average molecular weight is 521 g/mol. The summed E-state index contributed by atoms with van der Waals surface area (Å²) in [7, 11) is -9.30. The quantitative estimate of drug-likeness (QED) is 0.250. The number of aryl methyl sites for hydroxylation is 1. The monoisotopic (exact) mass is 520 g/mol. The van der Waals surface area contributed by atoms with Gasteiger partial charge in [-0.25, -0.2) is 4.79 Å². The van der Waals surface area contributed by atoms with Gasteiger partial charge in [-0.3, -0.25) is 9.11 Å². The van der Waals surface area contributed by atoms with Crippen molar-refractivity contribution in [1.29, 1.82) is 0 Å². The molecule has 0 atom stereocenters. The van der Waals surface area contributed by atoms with Crippen LogP contribution in [0.4, 0.5) is 22.7 Å². The standard InChI is InChI=1S/C20H16N4O9S2/c1-11-2-3-13(9-18(11)34(28,29)30)21-22-14-4-6-16(19(10-14)35(31,32)33)24-23-12-5-7-17(25)15(8-12)20(26)27/h2-10,25H,1H3,(H,26,27)(H,28,29,30)(H,31,32,33). The number of phenols is 1. The van der Waals surface area contributed by atoms with E-state index in [0.717, 1.165) is 30.3 Å². The van der Waals surface area contributed by atoms with Crippen LogP contribution in [0.25, 0.3) is 0 Å². The largest absolute Gasteiger partial charge is 0.507 e. The minimum Gasteiger partial charge on any atom is -0.507 e. The van der Waals surface area contributed by atoms with Gasteiger partial charge >= 0.3 is 5.97 Å². The van der Waals surface area contributed by atoms with Crippen LogP contribution in [0.15, 0.2) is 84.8 Å². The first-order valence-corrected chi connectivity index (χ1v) is 12.2. The fourth-order valence-electron chi connectivity index (χ4n) is 2.77. The normalized spacial score (nSPS) is 12.4. The summed E-state index contributed by atoms with van der Waals surface area (Å²) in [6, 6.07) is 10.6. The van der Waals surface area contributed by atoms with Crippen LogP contribution in [0.3, 0.4) is 0 Å². The third-order valence-corrected chi connectivity index (χ3v) is 6.31. The number of hydrogen-bond donors (Lipinski definition) is 4. The Hall–Kier alpha value is -4.05. The molecule has 3 rings (SSSR count). The molecule has 0 heterocycles. The number of rotatable bonds is 7. The van der Waals surface area contributed by atoms with E-state index in [1.54, 1.807) is 0 Å². The van der Waals surface area contributed by atoms with Gasteiger partial charge in [0.25, 0.3) is 20.2 Å². The zero-order valence-electron chi connectivity index (χ0n) is 17.6. The number of hydrogen-bond acceptors (Lipinski definition) is 10. The Kier molecular flexibility index (Phi) is 7.06. The number of nitrogens with zero attached hydrogens (tertiary/aromatic N) is 4. The van der Waals surface area contributed by atoms with Gasteiger partial charge in [0.15, 0.2) is 0 Å². The first-order chi connectivity index (χ1) is 16.3. The van der Waals surface area contributed by atoms with E-state index in [9.17, 15) is 35.8 Å². The van der Waals surface area contributed by atoms with E-state index in [0.29, 0.717) is 0 Å². The van der Waals surface area contributed by atoms with Crippen molar-refractivity contribution in [3.05, 3.63) is 65.7 Å². The molecule has 0 spiro atoms. The molecule has 0 saturated heterocycles. The summed E-state index contributed by atoms with van der Waals surface area (Å²) >= 11 is 0. The highest BCUT2D eigenvalue weighted by molar-refractivity contribution is 7.86. The predicted octanol–water partition coefficient (Wildman–Crippen LogP) is 4.72. The fourth-order valence-corrected chi connectivity index (χ4v) is 4.16. The van der Waals surface area contributed by atoms with E-state index < -0.39 is 42.4 Å². The minimum atomic E-state index is -4.81. The van der Waals surface area contributed by atoms with Gasteiger partial charge in [0.2, 0.25) is 0 Å².